The maximum Gasteiger partial charge on any atom is 0.322 e. The smallest absolute Gasteiger partial charge is 0.322 e. The van der Waals surface area contributed by atoms with Gasteiger partial charge in [-0.1, -0.05) is 17.7 Å². The van der Waals surface area contributed by atoms with E-state index in [1.165, 1.54) is 0 Å². The molecule has 170 valence electrons. The second-order valence-corrected chi connectivity index (χ2v) is 8.75. The molecule has 0 radical (unpaired) electrons. The Labute approximate surface area is 193 Å². The van der Waals surface area contributed by atoms with Crippen LogP contribution in [0.4, 0.5) is 16.2 Å². The Morgan fingerprint density at radius 1 is 1.09 bits per heavy atom. The minimum Gasteiger partial charge on any atom is -0.495 e. The van der Waals surface area contributed by atoms with Crippen molar-refractivity contribution in [1.29, 1.82) is 0 Å². The van der Waals surface area contributed by atoms with Crippen molar-refractivity contribution in [1.82, 2.24) is 4.90 Å². The van der Waals surface area contributed by atoms with Gasteiger partial charge in [0.15, 0.2) is 0 Å². The fraction of sp³-hybridized carbons (Fsp3) is 0.417. The number of carbonyl (C=O) groups is 2. The van der Waals surface area contributed by atoms with Crippen molar-refractivity contribution >= 4 is 34.9 Å². The number of hydrogen-bond donors (Lipinski definition) is 2. The minimum atomic E-state index is -0.109. The lowest BCUT2D eigenvalue weighted by Gasteiger charge is -2.39. The lowest BCUT2D eigenvalue weighted by molar-refractivity contribution is -0.121. The van der Waals surface area contributed by atoms with Gasteiger partial charge in [-0.15, -0.1) is 0 Å². The van der Waals surface area contributed by atoms with Crippen LogP contribution in [0.3, 0.4) is 0 Å². The van der Waals surface area contributed by atoms with Crippen molar-refractivity contribution in [2.75, 3.05) is 24.9 Å². The minimum absolute atomic E-state index is 0.0151. The van der Waals surface area contributed by atoms with Crippen LogP contribution < -0.4 is 20.1 Å². The molecule has 2 aromatic carbocycles. The van der Waals surface area contributed by atoms with E-state index in [2.05, 4.69) is 10.6 Å². The SMILES string of the molecule is COc1ccc(NC(=O)C2CCC(N3Cc4c(C)ccc(OC)c4NC3=O)CC2)cc1Cl. The Balaban J connectivity index is 1.38. The lowest BCUT2D eigenvalue weighted by atomic mass is 9.84. The average Bonchev–Trinajstić information content (AvgIpc) is 2.79. The van der Waals surface area contributed by atoms with Gasteiger partial charge in [-0.3, -0.25) is 4.79 Å². The Kier molecular flexibility index (Phi) is 6.46. The van der Waals surface area contributed by atoms with E-state index >= 15 is 0 Å². The number of hydrogen-bond acceptors (Lipinski definition) is 4. The zero-order valence-electron chi connectivity index (χ0n) is 18.5. The van der Waals surface area contributed by atoms with Gasteiger partial charge in [-0.2, -0.15) is 0 Å². The van der Waals surface area contributed by atoms with E-state index in [1.807, 2.05) is 24.0 Å². The van der Waals surface area contributed by atoms with Crippen molar-refractivity contribution in [3.63, 3.8) is 0 Å². The van der Waals surface area contributed by atoms with Gasteiger partial charge in [0.05, 0.1) is 31.5 Å². The van der Waals surface area contributed by atoms with Gasteiger partial charge >= 0.3 is 6.03 Å². The number of rotatable bonds is 5. The molecule has 0 bridgehead atoms. The fourth-order valence-electron chi connectivity index (χ4n) is 4.60. The van der Waals surface area contributed by atoms with Gasteiger partial charge in [-0.05, 0) is 62.4 Å². The molecule has 1 aliphatic carbocycles. The molecule has 2 N–H and O–H groups in total. The number of methoxy groups -OCH3 is 2. The molecule has 7 nitrogen and oxygen atoms in total. The lowest BCUT2D eigenvalue weighted by Crippen LogP contribution is -2.47. The Hall–Kier alpha value is -2.93. The number of carbonyl (C=O) groups excluding carboxylic acids is 2. The second-order valence-electron chi connectivity index (χ2n) is 8.34. The molecule has 32 heavy (non-hydrogen) atoms. The molecule has 2 aromatic rings. The average molecular weight is 458 g/mol. The molecule has 8 heteroatoms. The van der Waals surface area contributed by atoms with Crippen molar-refractivity contribution in [2.24, 2.45) is 5.92 Å². The van der Waals surface area contributed by atoms with Gasteiger partial charge in [0.2, 0.25) is 5.91 Å². The number of nitrogens with one attached hydrogen (secondary N) is 2. The molecule has 0 spiro atoms. The topological polar surface area (TPSA) is 79.9 Å². The predicted octanol–water partition coefficient (Wildman–Crippen LogP) is 5.21. The highest BCUT2D eigenvalue weighted by atomic mass is 35.5. The van der Waals surface area contributed by atoms with Crippen LogP contribution >= 0.6 is 11.6 Å². The number of urea groups is 1. The monoisotopic (exact) mass is 457 g/mol. The van der Waals surface area contributed by atoms with Crippen LogP contribution in [0.2, 0.25) is 5.02 Å². The van der Waals surface area contributed by atoms with Gasteiger partial charge in [0, 0.05) is 23.2 Å². The summed E-state index contributed by atoms with van der Waals surface area (Å²) in [5, 5.41) is 6.42. The Morgan fingerprint density at radius 3 is 2.44 bits per heavy atom. The first-order valence-electron chi connectivity index (χ1n) is 10.8. The molecular weight excluding hydrogens is 430 g/mol. The number of fused-ring (bicyclic) bond motifs is 1. The van der Waals surface area contributed by atoms with Crippen LogP contribution in [0.25, 0.3) is 0 Å². The number of anilines is 2. The maximum atomic E-state index is 12.8. The van der Waals surface area contributed by atoms with Crippen molar-refractivity contribution in [3.05, 3.63) is 46.5 Å². The fourth-order valence-corrected chi connectivity index (χ4v) is 4.85. The van der Waals surface area contributed by atoms with Gasteiger partial charge in [0.1, 0.15) is 11.5 Å². The Bertz CT molecular complexity index is 1030. The van der Waals surface area contributed by atoms with E-state index in [9.17, 15) is 9.59 Å². The summed E-state index contributed by atoms with van der Waals surface area (Å²) in [7, 11) is 3.16. The van der Waals surface area contributed by atoms with E-state index < -0.39 is 0 Å². The number of nitrogens with zero attached hydrogens (tertiary/aromatic N) is 1. The molecule has 2 aliphatic rings. The standard InChI is InChI=1S/C24H28ClN3O4/c1-14-4-10-21(32-3)22-18(14)13-28(24(30)27-22)17-8-5-15(6-9-17)23(29)26-16-7-11-20(31-2)19(25)12-16/h4,7,10-12,15,17H,5-6,8-9,13H2,1-3H3,(H,26,29)(H,27,30). The van der Waals surface area contributed by atoms with Crippen molar-refractivity contribution in [3.8, 4) is 11.5 Å². The normalized spacial score (nSPS) is 20.2. The largest absolute Gasteiger partial charge is 0.495 e. The summed E-state index contributed by atoms with van der Waals surface area (Å²) >= 11 is 6.16. The van der Waals surface area contributed by atoms with Crippen LogP contribution in [0.5, 0.6) is 11.5 Å². The van der Waals surface area contributed by atoms with Gasteiger partial charge < -0.3 is 25.0 Å². The summed E-state index contributed by atoms with van der Waals surface area (Å²) in [6, 6.07) is 9.09. The third-order valence-electron chi connectivity index (χ3n) is 6.48. The van der Waals surface area contributed by atoms with Crippen molar-refractivity contribution in [2.45, 2.75) is 45.2 Å². The van der Waals surface area contributed by atoms with E-state index in [0.29, 0.717) is 28.8 Å². The number of halogens is 1. The molecule has 0 aromatic heterocycles. The molecule has 1 saturated carbocycles. The number of benzene rings is 2. The summed E-state index contributed by atoms with van der Waals surface area (Å²) in [5.41, 5.74) is 3.62. The summed E-state index contributed by atoms with van der Waals surface area (Å²) in [6.07, 6.45) is 3.03. The van der Waals surface area contributed by atoms with Crippen LogP contribution in [0.1, 0.15) is 36.8 Å². The molecule has 3 amide bonds. The van der Waals surface area contributed by atoms with Crippen LogP contribution in [0, 0.1) is 12.8 Å². The number of amides is 3. The molecule has 1 aliphatic heterocycles. The number of ether oxygens (including phenoxy) is 2. The highest BCUT2D eigenvalue weighted by molar-refractivity contribution is 6.32. The van der Waals surface area contributed by atoms with Gasteiger partial charge in [0.25, 0.3) is 0 Å². The maximum absolute atomic E-state index is 12.8. The third kappa shape index (κ3) is 4.35. The van der Waals surface area contributed by atoms with Crippen LogP contribution in [0.15, 0.2) is 30.3 Å². The molecule has 4 rings (SSSR count). The first-order valence-corrected chi connectivity index (χ1v) is 11.2. The molecule has 1 fully saturated rings. The first kappa shape index (κ1) is 22.3. The zero-order valence-corrected chi connectivity index (χ0v) is 19.3. The van der Waals surface area contributed by atoms with E-state index in [-0.39, 0.29) is 23.9 Å². The summed E-state index contributed by atoms with van der Waals surface area (Å²) < 4.78 is 10.6. The van der Waals surface area contributed by atoms with Crippen molar-refractivity contribution < 1.29 is 19.1 Å². The highest BCUT2D eigenvalue weighted by Crippen LogP contribution is 2.38. The quantitative estimate of drug-likeness (QED) is 0.645. The zero-order chi connectivity index (χ0) is 22.8. The molecule has 0 unspecified atom stereocenters. The summed E-state index contributed by atoms with van der Waals surface area (Å²) in [6.45, 7) is 2.59. The van der Waals surface area contributed by atoms with E-state index in [4.69, 9.17) is 21.1 Å². The summed E-state index contributed by atoms with van der Waals surface area (Å²) in [4.78, 5) is 27.5. The van der Waals surface area contributed by atoms with E-state index in [0.717, 1.165) is 42.5 Å². The van der Waals surface area contributed by atoms with Crippen LogP contribution in [-0.2, 0) is 11.3 Å². The molecular formula is C24H28ClN3O4. The third-order valence-corrected chi connectivity index (χ3v) is 6.77. The molecule has 0 saturated heterocycles. The van der Waals surface area contributed by atoms with E-state index in [1.54, 1.807) is 32.4 Å². The highest BCUT2D eigenvalue weighted by Gasteiger charge is 2.35. The molecule has 1 heterocycles. The van der Waals surface area contributed by atoms with Gasteiger partial charge in [-0.25, -0.2) is 4.79 Å². The molecule has 0 atom stereocenters. The first-order chi connectivity index (χ1) is 15.4. The Morgan fingerprint density at radius 2 is 1.78 bits per heavy atom. The predicted molar refractivity (Wildman–Crippen MR) is 125 cm³/mol. The number of aryl methyl sites for hydroxylation is 1. The summed E-state index contributed by atoms with van der Waals surface area (Å²) in [5.74, 6) is 1.14. The van der Waals surface area contributed by atoms with Crippen LogP contribution in [-0.4, -0.2) is 37.1 Å². The second kappa shape index (κ2) is 9.28.